The number of likely N-dealkylation sites (tertiary alicyclic amines) is 1. The second kappa shape index (κ2) is 5.99. The quantitative estimate of drug-likeness (QED) is 0.714. The van der Waals surface area contributed by atoms with Gasteiger partial charge in [-0.25, -0.2) is 0 Å². The van der Waals surface area contributed by atoms with Crippen molar-refractivity contribution in [2.24, 2.45) is 11.8 Å². The maximum atomic E-state index is 13.1. The number of alkyl halides is 3. The number of benzene rings is 1. The van der Waals surface area contributed by atoms with Crippen molar-refractivity contribution >= 4 is 21.8 Å². The predicted octanol–water partition coefficient (Wildman–Crippen LogP) is 4.59. The van der Waals surface area contributed by atoms with E-state index >= 15 is 0 Å². The Hall–Kier alpha value is -1.04. The van der Waals surface area contributed by atoms with Crippen LogP contribution in [0, 0.1) is 11.8 Å². The first-order chi connectivity index (χ1) is 9.68. The molecule has 1 aromatic rings. The molecule has 1 amide bonds. The van der Waals surface area contributed by atoms with E-state index in [2.05, 4.69) is 15.9 Å². The van der Waals surface area contributed by atoms with Crippen LogP contribution in [0.5, 0.6) is 0 Å². The lowest BCUT2D eigenvalue weighted by Gasteiger charge is -2.35. The highest BCUT2D eigenvalue weighted by atomic mass is 79.9. The maximum absolute atomic E-state index is 13.1. The third-order valence-electron chi connectivity index (χ3n) is 3.67. The number of amides is 1. The average Bonchev–Trinajstić information content (AvgIpc) is 2.35. The number of carbonyl (C=O) groups is 1. The van der Waals surface area contributed by atoms with E-state index in [0.29, 0.717) is 29.4 Å². The normalized spacial score (nSPS) is 23.2. The molecule has 2 atom stereocenters. The summed E-state index contributed by atoms with van der Waals surface area (Å²) in [6, 6.07) is 3.68. The second-order valence-electron chi connectivity index (χ2n) is 5.84. The molecular weight excluding hydrogens is 347 g/mol. The standard InChI is InChI=1S/C15H17BrF3NO/c1-9-5-10(2)8-20(7-9)14(21)12-4-3-11(16)6-13(12)15(17,18)19/h3-4,6,9-10H,5,7-8H2,1-2H3. The van der Waals surface area contributed by atoms with Gasteiger partial charge in [-0.05, 0) is 36.5 Å². The van der Waals surface area contributed by atoms with Crippen molar-refractivity contribution < 1.29 is 18.0 Å². The van der Waals surface area contributed by atoms with Crippen LogP contribution in [-0.2, 0) is 6.18 Å². The molecule has 2 nitrogen and oxygen atoms in total. The molecule has 1 aliphatic rings. The van der Waals surface area contributed by atoms with Crippen LogP contribution in [0.2, 0.25) is 0 Å². The average molecular weight is 364 g/mol. The fourth-order valence-corrected chi connectivity index (χ4v) is 3.30. The van der Waals surface area contributed by atoms with Crippen molar-refractivity contribution in [1.29, 1.82) is 0 Å². The molecule has 1 fully saturated rings. The molecule has 1 saturated heterocycles. The lowest BCUT2D eigenvalue weighted by atomic mass is 9.91. The Labute approximate surface area is 130 Å². The molecule has 1 aliphatic heterocycles. The highest BCUT2D eigenvalue weighted by molar-refractivity contribution is 9.10. The Morgan fingerprint density at radius 3 is 2.33 bits per heavy atom. The van der Waals surface area contributed by atoms with Gasteiger partial charge in [0.1, 0.15) is 0 Å². The number of piperidine rings is 1. The third-order valence-corrected chi connectivity index (χ3v) is 4.17. The summed E-state index contributed by atoms with van der Waals surface area (Å²) in [6.45, 7) is 5.05. The van der Waals surface area contributed by atoms with Gasteiger partial charge in [0.15, 0.2) is 0 Å². The van der Waals surface area contributed by atoms with Gasteiger partial charge < -0.3 is 4.90 Å². The zero-order valence-corrected chi connectivity index (χ0v) is 13.5. The molecule has 0 saturated carbocycles. The Kier molecular flexibility index (Phi) is 4.66. The van der Waals surface area contributed by atoms with Gasteiger partial charge in [-0.1, -0.05) is 29.8 Å². The lowest BCUT2D eigenvalue weighted by Crippen LogP contribution is -2.43. The SMILES string of the molecule is CC1CC(C)CN(C(=O)c2ccc(Br)cc2C(F)(F)F)C1. The zero-order valence-electron chi connectivity index (χ0n) is 11.9. The van der Waals surface area contributed by atoms with Crippen molar-refractivity contribution in [1.82, 2.24) is 4.90 Å². The van der Waals surface area contributed by atoms with Crippen LogP contribution in [0.25, 0.3) is 0 Å². The summed E-state index contributed by atoms with van der Waals surface area (Å²) >= 11 is 3.03. The van der Waals surface area contributed by atoms with E-state index in [1.165, 1.54) is 17.0 Å². The van der Waals surface area contributed by atoms with Gasteiger partial charge in [0, 0.05) is 17.6 Å². The number of nitrogens with zero attached hydrogens (tertiary/aromatic N) is 1. The monoisotopic (exact) mass is 363 g/mol. The summed E-state index contributed by atoms with van der Waals surface area (Å²) in [5, 5.41) is 0. The summed E-state index contributed by atoms with van der Waals surface area (Å²) in [5.41, 5.74) is -1.15. The summed E-state index contributed by atoms with van der Waals surface area (Å²) < 4.78 is 39.7. The molecule has 0 aromatic heterocycles. The van der Waals surface area contributed by atoms with Crippen molar-refractivity contribution in [3.8, 4) is 0 Å². The van der Waals surface area contributed by atoms with Crippen molar-refractivity contribution in [3.05, 3.63) is 33.8 Å². The van der Waals surface area contributed by atoms with Crippen LogP contribution >= 0.6 is 15.9 Å². The van der Waals surface area contributed by atoms with E-state index in [0.717, 1.165) is 12.5 Å². The Balaban J connectivity index is 2.35. The molecule has 0 bridgehead atoms. The highest BCUT2D eigenvalue weighted by Gasteiger charge is 2.37. The minimum atomic E-state index is -4.54. The third kappa shape index (κ3) is 3.78. The largest absolute Gasteiger partial charge is 0.417 e. The molecule has 0 aliphatic carbocycles. The van der Waals surface area contributed by atoms with E-state index in [1.54, 1.807) is 0 Å². The van der Waals surface area contributed by atoms with Gasteiger partial charge in [-0.3, -0.25) is 4.79 Å². The number of rotatable bonds is 1. The van der Waals surface area contributed by atoms with E-state index in [9.17, 15) is 18.0 Å². The minimum Gasteiger partial charge on any atom is -0.338 e. The molecular formula is C15H17BrF3NO. The molecule has 0 spiro atoms. The molecule has 6 heteroatoms. The van der Waals surface area contributed by atoms with Gasteiger partial charge >= 0.3 is 6.18 Å². The topological polar surface area (TPSA) is 20.3 Å². The summed E-state index contributed by atoms with van der Waals surface area (Å²) in [5.74, 6) is 0.0817. The first-order valence-corrected chi connectivity index (χ1v) is 7.63. The smallest absolute Gasteiger partial charge is 0.338 e. The van der Waals surface area contributed by atoms with E-state index < -0.39 is 17.6 Å². The summed E-state index contributed by atoms with van der Waals surface area (Å²) in [4.78, 5) is 14.0. The van der Waals surface area contributed by atoms with Gasteiger partial charge in [-0.15, -0.1) is 0 Å². The van der Waals surface area contributed by atoms with Crippen LogP contribution in [0.1, 0.15) is 36.2 Å². The number of halogens is 4. The van der Waals surface area contributed by atoms with Gasteiger partial charge in [0.2, 0.25) is 0 Å². The Morgan fingerprint density at radius 1 is 1.24 bits per heavy atom. The van der Waals surface area contributed by atoms with E-state index in [-0.39, 0.29) is 5.56 Å². The lowest BCUT2D eigenvalue weighted by molar-refractivity contribution is -0.138. The van der Waals surface area contributed by atoms with Crippen LogP contribution in [0.4, 0.5) is 13.2 Å². The predicted molar refractivity (Wildman–Crippen MR) is 78.0 cm³/mol. The summed E-state index contributed by atoms with van der Waals surface area (Å²) in [6.07, 6.45) is -3.54. The van der Waals surface area contributed by atoms with Crippen LogP contribution in [0.3, 0.4) is 0 Å². The van der Waals surface area contributed by atoms with E-state index in [1.807, 2.05) is 13.8 Å². The molecule has 2 rings (SSSR count). The highest BCUT2D eigenvalue weighted by Crippen LogP contribution is 2.35. The van der Waals surface area contributed by atoms with Crippen LogP contribution < -0.4 is 0 Å². The van der Waals surface area contributed by atoms with Gasteiger partial charge in [-0.2, -0.15) is 13.2 Å². The maximum Gasteiger partial charge on any atom is 0.417 e. The van der Waals surface area contributed by atoms with Crippen LogP contribution in [-0.4, -0.2) is 23.9 Å². The molecule has 0 N–H and O–H groups in total. The van der Waals surface area contributed by atoms with Crippen molar-refractivity contribution in [2.75, 3.05) is 13.1 Å². The molecule has 21 heavy (non-hydrogen) atoms. The fraction of sp³-hybridized carbons (Fsp3) is 0.533. The molecule has 1 heterocycles. The Morgan fingerprint density at radius 2 is 1.81 bits per heavy atom. The molecule has 1 aromatic carbocycles. The number of hydrogen-bond donors (Lipinski definition) is 0. The van der Waals surface area contributed by atoms with Crippen molar-refractivity contribution in [2.45, 2.75) is 26.4 Å². The first kappa shape index (κ1) is 16.3. The van der Waals surface area contributed by atoms with Crippen LogP contribution in [0.15, 0.2) is 22.7 Å². The molecule has 0 radical (unpaired) electrons. The number of carbonyl (C=O) groups excluding carboxylic acids is 1. The molecule has 2 unspecified atom stereocenters. The second-order valence-corrected chi connectivity index (χ2v) is 6.76. The van der Waals surface area contributed by atoms with E-state index in [4.69, 9.17) is 0 Å². The van der Waals surface area contributed by atoms with Gasteiger partial charge in [0.25, 0.3) is 5.91 Å². The van der Waals surface area contributed by atoms with Crippen molar-refractivity contribution in [3.63, 3.8) is 0 Å². The first-order valence-electron chi connectivity index (χ1n) is 6.84. The minimum absolute atomic E-state index is 0.271. The number of hydrogen-bond acceptors (Lipinski definition) is 1. The Bertz CT molecular complexity index is 534. The fourth-order valence-electron chi connectivity index (χ4n) is 2.94. The zero-order chi connectivity index (χ0) is 15.8. The summed E-state index contributed by atoms with van der Waals surface area (Å²) in [7, 11) is 0. The molecule has 116 valence electrons. The van der Waals surface area contributed by atoms with Gasteiger partial charge in [0.05, 0.1) is 11.1 Å².